The topological polar surface area (TPSA) is 75.4 Å². The van der Waals surface area contributed by atoms with Gasteiger partial charge in [-0.1, -0.05) is 18.2 Å². The van der Waals surface area contributed by atoms with E-state index >= 15 is 0 Å². The van der Waals surface area contributed by atoms with Gasteiger partial charge in [-0.3, -0.25) is 9.59 Å². The Bertz CT molecular complexity index is 465. The van der Waals surface area contributed by atoms with Crippen LogP contribution in [0.4, 0.5) is 5.69 Å². The second kappa shape index (κ2) is 6.52. The fraction of sp³-hybridized carbons (Fsp3) is 0.467. The smallest absolute Gasteiger partial charge is 0.239 e. The van der Waals surface area contributed by atoms with Crippen molar-refractivity contribution in [3.63, 3.8) is 0 Å². The van der Waals surface area contributed by atoms with Gasteiger partial charge in [0.1, 0.15) is 0 Å². The summed E-state index contributed by atoms with van der Waals surface area (Å²) in [6.45, 7) is 2.90. The third kappa shape index (κ3) is 3.57. The fourth-order valence-corrected chi connectivity index (χ4v) is 2.42. The maximum atomic E-state index is 12.1. The van der Waals surface area contributed by atoms with Gasteiger partial charge in [0.25, 0.3) is 0 Å². The van der Waals surface area contributed by atoms with Crippen molar-refractivity contribution >= 4 is 17.5 Å². The van der Waals surface area contributed by atoms with Gasteiger partial charge in [0, 0.05) is 24.7 Å². The molecule has 0 aliphatic carbocycles. The van der Waals surface area contributed by atoms with E-state index in [9.17, 15) is 9.59 Å². The van der Waals surface area contributed by atoms with Crippen molar-refractivity contribution in [3.8, 4) is 0 Å². The van der Waals surface area contributed by atoms with Crippen molar-refractivity contribution in [2.45, 2.75) is 25.8 Å². The van der Waals surface area contributed by atoms with Crippen LogP contribution in [0, 0.1) is 5.92 Å². The number of nitrogens with two attached hydrogens (primary N) is 1. The number of carbonyl (C=O) groups is 2. The Hall–Kier alpha value is -1.88. The van der Waals surface area contributed by atoms with E-state index in [1.165, 1.54) is 0 Å². The predicted molar refractivity (Wildman–Crippen MR) is 78.0 cm³/mol. The first-order valence-corrected chi connectivity index (χ1v) is 6.98. The van der Waals surface area contributed by atoms with E-state index in [4.69, 9.17) is 5.73 Å². The highest BCUT2D eigenvalue weighted by molar-refractivity contribution is 5.92. The third-order valence-corrected chi connectivity index (χ3v) is 3.61. The third-order valence-electron chi connectivity index (χ3n) is 3.61. The van der Waals surface area contributed by atoms with E-state index < -0.39 is 6.04 Å². The molecular weight excluding hydrogens is 254 g/mol. The van der Waals surface area contributed by atoms with E-state index in [0.29, 0.717) is 25.9 Å². The van der Waals surface area contributed by atoms with Crippen LogP contribution in [0.1, 0.15) is 19.8 Å². The van der Waals surface area contributed by atoms with Gasteiger partial charge in [-0.2, -0.15) is 0 Å². The molecule has 1 fully saturated rings. The standard InChI is InChI=1S/C15H21N3O2/c1-11(16)15(20)18-9-7-12(8-10-18)14(19)17-13-5-3-2-4-6-13/h2-6,11-12H,7-10,16H2,1H3,(H,17,19). The normalized spacial score (nSPS) is 17.6. The molecule has 1 aromatic carbocycles. The Labute approximate surface area is 119 Å². The van der Waals surface area contributed by atoms with Gasteiger partial charge in [-0.05, 0) is 31.9 Å². The van der Waals surface area contributed by atoms with E-state index in [1.54, 1.807) is 11.8 Å². The number of hydrogen-bond acceptors (Lipinski definition) is 3. The van der Waals surface area contributed by atoms with Crippen LogP contribution in [0.25, 0.3) is 0 Å². The number of rotatable bonds is 3. The summed E-state index contributed by atoms with van der Waals surface area (Å²) in [4.78, 5) is 25.7. The molecule has 1 aliphatic heterocycles. The molecule has 0 aromatic heterocycles. The minimum Gasteiger partial charge on any atom is -0.341 e. The lowest BCUT2D eigenvalue weighted by Crippen LogP contribution is -2.47. The van der Waals surface area contributed by atoms with Crippen molar-refractivity contribution in [2.75, 3.05) is 18.4 Å². The highest BCUT2D eigenvalue weighted by atomic mass is 16.2. The number of likely N-dealkylation sites (tertiary alicyclic amines) is 1. The molecule has 1 aliphatic rings. The van der Waals surface area contributed by atoms with Crippen LogP contribution in [-0.2, 0) is 9.59 Å². The number of para-hydroxylation sites is 1. The quantitative estimate of drug-likeness (QED) is 0.870. The summed E-state index contributed by atoms with van der Waals surface area (Å²) in [6, 6.07) is 8.95. The SMILES string of the molecule is CC(N)C(=O)N1CCC(C(=O)Nc2ccccc2)CC1. The Morgan fingerprint density at radius 2 is 1.85 bits per heavy atom. The van der Waals surface area contributed by atoms with Crippen LogP contribution in [0.15, 0.2) is 30.3 Å². The number of amides is 2. The summed E-state index contributed by atoms with van der Waals surface area (Å²) in [6.07, 6.45) is 1.38. The number of piperidine rings is 1. The molecule has 0 radical (unpaired) electrons. The largest absolute Gasteiger partial charge is 0.341 e. The molecular formula is C15H21N3O2. The Balaban J connectivity index is 1.84. The summed E-state index contributed by atoms with van der Waals surface area (Å²) in [7, 11) is 0. The van der Waals surface area contributed by atoms with Gasteiger partial charge < -0.3 is 16.0 Å². The molecule has 5 heteroatoms. The van der Waals surface area contributed by atoms with E-state index in [-0.39, 0.29) is 17.7 Å². The van der Waals surface area contributed by atoms with E-state index in [0.717, 1.165) is 5.69 Å². The van der Waals surface area contributed by atoms with Crippen LogP contribution in [0.5, 0.6) is 0 Å². The Kier molecular flexibility index (Phi) is 4.74. The molecule has 1 saturated heterocycles. The van der Waals surface area contributed by atoms with Gasteiger partial charge in [-0.25, -0.2) is 0 Å². The highest BCUT2D eigenvalue weighted by Crippen LogP contribution is 2.19. The number of anilines is 1. The summed E-state index contributed by atoms with van der Waals surface area (Å²) < 4.78 is 0. The lowest BCUT2D eigenvalue weighted by atomic mass is 9.95. The van der Waals surface area contributed by atoms with Crippen LogP contribution in [0.2, 0.25) is 0 Å². The average Bonchev–Trinajstić information content (AvgIpc) is 2.47. The molecule has 108 valence electrons. The zero-order chi connectivity index (χ0) is 14.5. The van der Waals surface area contributed by atoms with Gasteiger partial charge in [0.15, 0.2) is 0 Å². The number of hydrogen-bond donors (Lipinski definition) is 2. The van der Waals surface area contributed by atoms with Crippen molar-refractivity contribution in [1.82, 2.24) is 4.90 Å². The molecule has 2 amide bonds. The lowest BCUT2D eigenvalue weighted by molar-refractivity contribution is -0.135. The van der Waals surface area contributed by atoms with Crippen molar-refractivity contribution in [2.24, 2.45) is 11.7 Å². The van der Waals surface area contributed by atoms with Gasteiger partial charge >= 0.3 is 0 Å². The van der Waals surface area contributed by atoms with Crippen LogP contribution >= 0.6 is 0 Å². The number of carbonyl (C=O) groups excluding carboxylic acids is 2. The van der Waals surface area contributed by atoms with E-state index in [1.807, 2.05) is 30.3 Å². The molecule has 1 unspecified atom stereocenters. The molecule has 3 N–H and O–H groups in total. The van der Waals surface area contributed by atoms with Crippen LogP contribution < -0.4 is 11.1 Å². The highest BCUT2D eigenvalue weighted by Gasteiger charge is 2.28. The molecule has 2 rings (SSSR count). The minimum atomic E-state index is -0.468. The first-order valence-electron chi connectivity index (χ1n) is 6.98. The first kappa shape index (κ1) is 14.5. The molecule has 20 heavy (non-hydrogen) atoms. The van der Waals surface area contributed by atoms with E-state index in [2.05, 4.69) is 5.32 Å². The van der Waals surface area contributed by atoms with Gasteiger partial charge in [0.2, 0.25) is 11.8 Å². The molecule has 0 spiro atoms. The summed E-state index contributed by atoms with van der Waals surface area (Å²) >= 11 is 0. The molecule has 5 nitrogen and oxygen atoms in total. The minimum absolute atomic E-state index is 0.0316. The summed E-state index contributed by atoms with van der Waals surface area (Å²) in [5.74, 6) is -0.0386. The first-order chi connectivity index (χ1) is 9.58. The average molecular weight is 275 g/mol. The maximum Gasteiger partial charge on any atom is 0.239 e. The number of benzene rings is 1. The maximum absolute atomic E-state index is 12.1. The molecule has 1 aromatic rings. The van der Waals surface area contributed by atoms with Crippen LogP contribution in [-0.4, -0.2) is 35.8 Å². The molecule has 0 saturated carbocycles. The number of nitrogens with one attached hydrogen (secondary N) is 1. The second-order valence-electron chi connectivity index (χ2n) is 5.24. The molecule has 1 heterocycles. The predicted octanol–water partition coefficient (Wildman–Crippen LogP) is 1.21. The second-order valence-corrected chi connectivity index (χ2v) is 5.24. The van der Waals surface area contributed by atoms with Crippen molar-refractivity contribution in [1.29, 1.82) is 0 Å². The van der Waals surface area contributed by atoms with Crippen LogP contribution in [0.3, 0.4) is 0 Å². The zero-order valence-electron chi connectivity index (χ0n) is 11.7. The van der Waals surface area contributed by atoms with Crippen molar-refractivity contribution in [3.05, 3.63) is 30.3 Å². The summed E-state index contributed by atoms with van der Waals surface area (Å²) in [5.41, 5.74) is 6.40. The Morgan fingerprint density at radius 3 is 2.40 bits per heavy atom. The summed E-state index contributed by atoms with van der Waals surface area (Å²) in [5, 5.41) is 2.91. The van der Waals surface area contributed by atoms with Crippen molar-refractivity contribution < 1.29 is 9.59 Å². The molecule has 1 atom stereocenters. The van der Waals surface area contributed by atoms with Gasteiger partial charge in [-0.15, -0.1) is 0 Å². The molecule has 0 bridgehead atoms. The fourth-order valence-electron chi connectivity index (χ4n) is 2.42. The Morgan fingerprint density at radius 1 is 1.25 bits per heavy atom. The van der Waals surface area contributed by atoms with Gasteiger partial charge in [0.05, 0.1) is 6.04 Å². The number of nitrogens with zero attached hydrogens (tertiary/aromatic N) is 1. The lowest BCUT2D eigenvalue weighted by Gasteiger charge is -2.32. The monoisotopic (exact) mass is 275 g/mol. The zero-order valence-corrected chi connectivity index (χ0v) is 11.7.